The Hall–Kier alpha value is -1.61. The summed E-state index contributed by atoms with van der Waals surface area (Å²) in [5, 5.41) is 3.99. The summed E-state index contributed by atoms with van der Waals surface area (Å²) in [7, 11) is 2.01. The van der Waals surface area contributed by atoms with Crippen LogP contribution in [0.4, 0.5) is 5.69 Å². The lowest BCUT2D eigenvalue weighted by Gasteiger charge is -2.10. The molecule has 3 nitrogen and oxygen atoms in total. The summed E-state index contributed by atoms with van der Waals surface area (Å²) in [6.45, 7) is 3.55. The molecule has 102 valence electrons. The first-order valence-corrected chi connectivity index (χ1v) is 6.84. The molecule has 0 saturated carbocycles. The lowest BCUT2D eigenvalue weighted by atomic mass is 10.2. The summed E-state index contributed by atoms with van der Waals surface area (Å²) < 4.78 is 7.58. The predicted octanol–water partition coefficient (Wildman–Crippen LogP) is 4.08. The molecule has 0 amide bonds. The molecule has 0 radical (unpaired) electrons. The molecule has 0 aliphatic rings. The van der Waals surface area contributed by atoms with Gasteiger partial charge in [0, 0.05) is 31.7 Å². The van der Waals surface area contributed by atoms with Crippen LogP contribution in [0.1, 0.15) is 18.9 Å². The smallest absolute Gasteiger partial charge is 0.138 e. The van der Waals surface area contributed by atoms with Crippen LogP contribution >= 0.6 is 11.6 Å². The van der Waals surface area contributed by atoms with Crippen molar-refractivity contribution in [3.63, 3.8) is 0 Å². The number of nitrogens with zero attached hydrogens (tertiary/aromatic N) is 1. The highest BCUT2D eigenvalue weighted by molar-refractivity contribution is 6.32. The first-order valence-electron chi connectivity index (χ1n) is 6.46. The number of rotatable bonds is 6. The van der Waals surface area contributed by atoms with Crippen molar-refractivity contribution >= 4 is 17.3 Å². The molecule has 2 aromatic rings. The summed E-state index contributed by atoms with van der Waals surface area (Å²) in [4.78, 5) is 0. The Bertz CT molecular complexity index is 537. The maximum absolute atomic E-state index is 6.18. The monoisotopic (exact) mass is 278 g/mol. The summed E-state index contributed by atoms with van der Waals surface area (Å²) in [6.07, 6.45) is 5.10. The van der Waals surface area contributed by atoms with E-state index in [1.54, 1.807) is 0 Å². The zero-order valence-electron chi connectivity index (χ0n) is 11.3. The van der Waals surface area contributed by atoms with Crippen LogP contribution in [0.15, 0.2) is 36.7 Å². The molecule has 0 saturated heterocycles. The van der Waals surface area contributed by atoms with E-state index in [4.69, 9.17) is 16.3 Å². The zero-order chi connectivity index (χ0) is 13.7. The zero-order valence-corrected chi connectivity index (χ0v) is 12.1. The van der Waals surface area contributed by atoms with Crippen LogP contribution in [0.3, 0.4) is 0 Å². The summed E-state index contributed by atoms with van der Waals surface area (Å²) in [5.41, 5.74) is 2.24. The minimum atomic E-state index is 0.645. The van der Waals surface area contributed by atoms with Gasteiger partial charge in [-0.15, -0.1) is 0 Å². The number of anilines is 1. The van der Waals surface area contributed by atoms with Crippen LogP contribution in [-0.2, 0) is 13.6 Å². The number of hydrogen-bond donors (Lipinski definition) is 1. The Morgan fingerprint density at radius 3 is 2.79 bits per heavy atom. The van der Waals surface area contributed by atoms with E-state index in [0.29, 0.717) is 11.6 Å². The van der Waals surface area contributed by atoms with Gasteiger partial charge < -0.3 is 14.6 Å². The molecule has 0 fully saturated rings. The third-order valence-electron chi connectivity index (χ3n) is 2.78. The minimum Gasteiger partial charge on any atom is -0.492 e. The van der Waals surface area contributed by atoms with Gasteiger partial charge in [-0.1, -0.05) is 18.5 Å². The highest BCUT2D eigenvalue weighted by Crippen LogP contribution is 2.28. The summed E-state index contributed by atoms with van der Waals surface area (Å²) >= 11 is 6.18. The molecule has 1 aromatic heterocycles. The number of aryl methyl sites for hydroxylation is 1. The fraction of sp³-hybridized carbons (Fsp3) is 0.333. The molecule has 0 spiro atoms. The third kappa shape index (κ3) is 3.93. The second-order valence-electron chi connectivity index (χ2n) is 4.53. The molecular weight excluding hydrogens is 260 g/mol. The van der Waals surface area contributed by atoms with Gasteiger partial charge in [-0.05, 0) is 36.2 Å². The van der Waals surface area contributed by atoms with E-state index in [2.05, 4.69) is 24.5 Å². The van der Waals surface area contributed by atoms with E-state index >= 15 is 0 Å². The second-order valence-corrected chi connectivity index (χ2v) is 4.94. The van der Waals surface area contributed by atoms with Gasteiger partial charge in [0.2, 0.25) is 0 Å². The van der Waals surface area contributed by atoms with E-state index < -0.39 is 0 Å². The van der Waals surface area contributed by atoms with Crippen LogP contribution in [0.25, 0.3) is 0 Å². The van der Waals surface area contributed by atoms with Crippen LogP contribution in [0, 0.1) is 0 Å². The lowest BCUT2D eigenvalue weighted by Crippen LogP contribution is -2.00. The average Bonchev–Trinajstić information content (AvgIpc) is 2.81. The number of nitrogens with one attached hydrogen (secondary N) is 1. The van der Waals surface area contributed by atoms with Crippen LogP contribution in [-0.4, -0.2) is 11.2 Å². The van der Waals surface area contributed by atoms with Gasteiger partial charge in [-0.25, -0.2) is 0 Å². The van der Waals surface area contributed by atoms with E-state index in [0.717, 1.165) is 24.4 Å². The molecule has 19 heavy (non-hydrogen) atoms. The largest absolute Gasteiger partial charge is 0.492 e. The van der Waals surface area contributed by atoms with Crippen molar-refractivity contribution in [1.82, 2.24) is 4.57 Å². The van der Waals surface area contributed by atoms with Crippen molar-refractivity contribution in [3.05, 3.63) is 47.2 Å². The Labute approximate surface area is 119 Å². The Kier molecular flexibility index (Phi) is 4.74. The van der Waals surface area contributed by atoms with Gasteiger partial charge in [0.1, 0.15) is 5.75 Å². The molecule has 0 aliphatic carbocycles. The molecule has 4 heteroatoms. The van der Waals surface area contributed by atoms with Gasteiger partial charge in [-0.2, -0.15) is 0 Å². The Morgan fingerprint density at radius 2 is 2.16 bits per heavy atom. The van der Waals surface area contributed by atoms with E-state index in [1.807, 2.05) is 36.0 Å². The standard InChI is InChI=1S/C15H19ClN2O/c1-3-8-19-15-5-4-13(9-14(15)16)17-10-12-6-7-18(2)11-12/h4-7,9,11,17H,3,8,10H2,1-2H3. The van der Waals surface area contributed by atoms with Gasteiger partial charge in [-0.3, -0.25) is 0 Å². The second kappa shape index (κ2) is 6.53. The lowest BCUT2D eigenvalue weighted by molar-refractivity contribution is 0.317. The first kappa shape index (κ1) is 13.8. The number of ether oxygens (including phenoxy) is 1. The third-order valence-corrected chi connectivity index (χ3v) is 3.08. The number of benzene rings is 1. The maximum atomic E-state index is 6.18. The van der Waals surface area contributed by atoms with Crippen molar-refractivity contribution < 1.29 is 4.74 Å². The predicted molar refractivity (Wildman–Crippen MR) is 80.0 cm³/mol. The minimum absolute atomic E-state index is 0.645. The highest BCUT2D eigenvalue weighted by atomic mass is 35.5. The molecule has 0 aliphatic heterocycles. The quantitative estimate of drug-likeness (QED) is 0.862. The highest BCUT2D eigenvalue weighted by Gasteiger charge is 2.03. The number of hydrogen-bond acceptors (Lipinski definition) is 2. The van der Waals surface area contributed by atoms with Gasteiger partial charge in [0.25, 0.3) is 0 Å². The Morgan fingerprint density at radius 1 is 1.32 bits per heavy atom. The molecule has 0 atom stereocenters. The number of halogens is 1. The molecule has 0 unspecified atom stereocenters. The van der Waals surface area contributed by atoms with E-state index in [9.17, 15) is 0 Å². The first-order chi connectivity index (χ1) is 9.19. The summed E-state index contributed by atoms with van der Waals surface area (Å²) in [5.74, 6) is 0.744. The molecule has 0 bridgehead atoms. The fourth-order valence-corrected chi connectivity index (χ4v) is 2.04. The molecule has 1 aromatic carbocycles. The molecule has 2 rings (SSSR count). The van der Waals surface area contributed by atoms with E-state index in [-0.39, 0.29) is 0 Å². The summed E-state index contributed by atoms with van der Waals surface area (Å²) in [6, 6.07) is 7.88. The van der Waals surface area contributed by atoms with Crippen LogP contribution in [0.5, 0.6) is 5.75 Å². The normalized spacial score (nSPS) is 10.5. The molecular formula is C15H19ClN2O. The van der Waals surface area contributed by atoms with Crippen molar-refractivity contribution in [3.8, 4) is 5.75 Å². The van der Waals surface area contributed by atoms with Crippen molar-refractivity contribution in [2.75, 3.05) is 11.9 Å². The van der Waals surface area contributed by atoms with Gasteiger partial charge in [0.15, 0.2) is 0 Å². The van der Waals surface area contributed by atoms with Crippen molar-refractivity contribution in [1.29, 1.82) is 0 Å². The van der Waals surface area contributed by atoms with Gasteiger partial charge >= 0.3 is 0 Å². The van der Waals surface area contributed by atoms with Crippen LogP contribution in [0.2, 0.25) is 5.02 Å². The topological polar surface area (TPSA) is 26.2 Å². The Balaban J connectivity index is 1.95. The SMILES string of the molecule is CCCOc1ccc(NCc2ccn(C)c2)cc1Cl. The van der Waals surface area contributed by atoms with E-state index in [1.165, 1.54) is 5.56 Å². The fourth-order valence-electron chi connectivity index (χ4n) is 1.81. The molecule has 1 N–H and O–H groups in total. The maximum Gasteiger partial charge on any atom is 0.138 e. The van der Waals surface area contributed by atoms with Crippen molar-refractivity contribution in [2.45, 2.75) is 19.9 Å². The number of aromatic nitrogens is 1. The molecule has 1 heterocycles. The van der Waals surface area contributed by atoms with Crippen molar-refractivity contribution in [2.24, 2.45) is 7.05 Å². The van der Waals surface area contributed by atoms with Gasteiger partial charge in [0.05, 0.1) is 11.6 Å². The average molecular weight is 279 g/mol. The van der Waals surface area contributed by atoms with Crippen LogP contribution < -0.4 is 10.1 Å².